The number of rotatable bonds is 5. The normalized spacial score (nSPS) is 10.6. The Kier molecular flexibility index (Phi) is 4.47. The first kappa shape index (κ1) is 13.5. The Morgan fingerprint density at radius 2 is 2.24 bits per heavy atom. The lowest BCUT2D eigenvalue weighted by Gasteiger charge is -2.04. The number of carbonyl (C=O) groups is 1. The van der Waals surface area contributed by atoms with E-state index in [1.807, 2.05) is 4.72 Å². The summed E-state index contributed by atoms with van der Waals surface area (Å²) in [4.78, 5) is 13.8. The SMILES string of the molecule is O=C(O)CNS(=O)(=O)c1cccc(N=C=S)c1. The Hall–Kier alpha value is -1.60. The number of benzene rings is 1. The van der Waals surface area contributed by atoms with Crippen molar-refractivity contribution in [2.45, 2.75) is 4.90 Å². The van der Waals surface area contributed by atoms with E-state index >= 15 is 0 Å². The standard InChI is InChI=1S/C9H8N2O4S2/c12-9(13)5-11-17(14,15)8-3-1-2-7(4-8)10-6-16/h1-4,11H,5H2,(H,12,13). The molecule has 0 radical (unpaired) electrons. The van der Waals surface area contributed by atoms with Crippen molar-refractivity contribution in [3.8, 4) is 0 Å². The van der Waals surface area contributed by atoms with Gasteiger partial charge in [0.05, 0.1) is 15.7 Å². The minimum atomic E-state index is -3.85. The Balaban J connectivity index is 3.02. The van der Waals surface area contributed by atoms with Gasteiger partial charge >= 0.3 is 5.97 Å². The maximum absolute atomic E-state index is 11.6. The van der Waals surface area contributed by atoms with E-state index in [1.165, 1.54) is 18.2 Å². The molecule has 0 heterocycles. The topological polar surface area (TPSA) is 95.8 Å². The number of sulfonamides is 1. The van der Waals surface area contributed by atoms with Gasteiger partial charge in [0.15, 0.2) is 0 Å². The number of hydrogen-bond donors (Lipinski definition) is 2. The third-order valence-corrected chi connectivity index (χ3v) is 3.21. The summed E-state index contributed by atoms with van der Waals surface area (Å²) < 4.78 is 25.2. The molecule has 0 unspecified atom stereocenters. The molecule has 1 aromatic carbocycles. The summed E-state index contributed by atoms with van der Waals surface area (Å²) in [5.41, 5.74) is 0.332. The highest BCUT2D eigenvalue weighted by Gasteiger charge is 2.15. The molecule has 1 aromatic rings. The molecule has 90 valence electrons. The Morgan fingerprint density at radius 1 is 1.53 bits per heavy atom. The lowest BCUT2D eigenvalue weighted by molar-refractivity contribution is -0.135. The van der Waals surface area contributed by atoms with Crippen LogP contribution in [0.4, 0.5) is 5.69 Å². The first-order valence-corrected chi connectivity index (χ1v) is 6.24. The van der Waals surface area contributed by atoms with Crippen LogP contribution in [0, 0.1) is 0 Å². The maximum atomic E-state index is 11.6. The summed E-state index contributed by atoms with van der Waals surface area (Å²) in [7, 11) is -3.85. The van der Waals surface area contributed by atoms with Crippen LogP contribution in [0.5, 0.6) is 0 Å². The summed E-state index contributed by atoms with van der Waals surface area (Å²) >= 11 is 4.40. The Labute approximate surface area is 103 Å². The van der Waals surface area contributed by atoms with Crippen LogP contribution < -0.4 is 4.72 Å². The van der Waals surface area contributed by atoms with Gasteiger partial charge in [-0.3, -0.25) is 4.79 Å². The van der Waals surface area contributed by atoms with Crippen molar-refractivity contribution in [1.82, 2.24) is 4.72 Å². The lowest BCUT2D eigenvalue weighted by atomic mass is 10.3. The quantitative estimate of drug-likeness (QED) is 0.610. The molecule has 0 bridgehead atoms. The lowest BCUT2D eigenvalue weighted by Crippen LogP contribution is -2.29. The zero-order valence-corrected chi connectivity index (χ0v) is 10.1. The molecule has 2 N–H and O–H groups in total. The molecule has 0 aliphatic rings. The second-order valence-electron chi connectivity index (χ2n) is 2.92. The van der Waals surface area contributed by atoms with Gasteiger partial charge in [0.1, 0.15) is 6.54 Å². The molecule has 0 amide bonds. The fourth-order valence-corrected chi connectivity index (χ4v) is 2.13. The smallest absolute Gasteiger partial charge is 0.318 e. The summed E-state index contributed by atoms with van der Waals surface area (Å²) in [5, 5.41) is 10.5. The minimum absolute atomic E-state index is 0.0785. The molecule has 0 fully saturated rings. The van der Waals surface area contributed by atoms with Crippen LogP contribution in [0.25, 0.3) is 0 Å². The van der Waals surface area contributed by atoms with Crippen LogP contribution >= 0.6 is 12.2 Å². The maximum Gasteiger partial charge on any atom is 0.318 e. The summed E-state index contributed by atoms with van der Waals surface area (Å²) in [6.07, 6.45) is 0. The van der Waals surface area contributed by atoms with Gasteiger partial charge in [0.2, 0.25) is 10.0 Å². The van der Waals surface area contributed by atoms with E-state index in [1.54, 1.807) is 6.07 Å². The number of hydrogen-bond acceptors (Lipinski definition) is 5. The van der Waals surface area contributed by atoms with Gasteiger partial charge in [0, 0.05) is 0 Å². The van der Waals surface area contributed by atoms with Crippen molar-refractivity contribution >= 4 is 39.1 Å². The second-order valence-corrected chi connectivity index (χ2v) is 4.87. The fraction of sp³-hybridized carbons (Fsp3) is 0.111. The molecule has 0 aromatic heterocycles. The molecule has 0 saturated heterocycles. The summed E-state index contributed by atoms with van der Waals surface area (Å²) in [6, 6.07) is 5.62. The highest BCUT2D eigenvalue weighted by molar-refractivity contribution is 7.89. The van der Waals surface area contributed by atoms with Crippen LogP contribution in [0.15, 0.2) is 34.2 Å². The third-order valence-electron chi connectivity index (χ3n) is 1.72. The molecular weight excluding hydrogens is 264 g/mol. The highest BCUT2D eigenvalue weighted by atomic mass is 32.2. The average Bonchev–Trinajstić information content (AvgIpc) is 2.27. The predicted molar refractivity (Wildman–Crippen MR) is 64.0 cm³/mol. The first-order valence-electron chi connectivity index (χ1n) is 4.35. The van der Waals surface area contributed by atoms with Crippen molar-refractivity contribution in [3.63, 3.8) is 0 Å². The van der Waals surface area contributed by atoms with E-state index in [0.717, 1.165) is 0 Å². The highest BCUT2D eigenvalue weighted by Crippen LogP contribution is 2.17. The largest absolute Gasteiger partial charge is 0.480 e. The molecule has 0 atom stereocenters. The summed E-state index contributed by atoms with van der Waals surface area (Å²) in [6.45, 7) is -0.678. The van der Waals surface area contributed by atoms with E-state index in [-0.39, 0.29) is 4.90 Å². The van der Waals surface area contributed by atoms with Crippen LogP contribution in [-0.4, -0.2) is 31.2 Å². The van der Waals surface area contributed by atoms with Crippen molar-refractivity contribution in [3.05, 3.63) is 24.3 Å². The third kappa shape index (κ3) is 4.04. The molecule has 1 rings (SSSR count). The van der Waals surface area contributed by atoms with Gasteiger partial charge in [-0.05, 0) is 30.4 Å². The monoisotopic (exact) mass is 272 g/mol. The Morgan fingerprint density at radius 3 is 2.82 bits per heavy atom. The van der Waals surface area contributed by atoms with E-state index < -0.39 is 22.5 Å². The zero-order chi connectivity index (χ0) is 12.9. The van der Waals surface area contributed by atoms with Crippen LogP contribution in [0.2, 0.25) is 0 Å². The van der Waals surface area contributed by atoms with Crippen molar-refractivity contribution in [2.24, 2.45) is 4.99 Å². The first-order chi connectivity index (χ1) is 7.95. The molecule has 0 aliphatic carbocycles. The molecule has 6 nitrogen and oxygen atoms in total. The van der Waals surface area contributed by atoms with Crippen molar-refractivity contribution < 1.29 is 18.3 Å². The second kappa shape index (κ2) is 5.65. The number of nitrogens with zero attached hydrogens (tertiary/aromatic N) is 1. The number of isothiocyanates is 1. The number of aliphatic carboxylic acids is 1. The number of carboxylic acids is 1. The van der Waals surface area contributed by atoms with E-state index in [2.05, 4.69) is 22.4 Å². The number of nitrogens with one attached hydrogen (secondary N) is 1. The zero-order valence-electron chi connectivity index (χ0n) is 8.45. The summed E-state index contributed by atoms with van der Waals surface area (Å²) in [5.74, 6) is -1.26. The Bertz CT molecular complexity index is 576. The van der Waals surface area contributed by atoms with Crippen molar-refractivity contribution in [2.75, 3.05) is 6.54 Å². The number of carboxylic acid groups (broad SMARTS) is 1. The number of thiocarbonyl (C=S) groups is 1. The predicted octanol–water partition coefficient (Wildman–Crippen LogP) is 0.784. The van der Waals surface area contributed by atoms with Gasteiger partial charge in [-0.15, -0.1) is 0 Å². The van der Waals surface area contributed by atoms with Gasteiger partial charge < -0.3 is 5.11 Å². The van der Waals surface area contributed by atoms with Crippen LogP contribution in [0.3, 0.4) is 0 Å². The fourth-order valence-electron chi connectivity index (χ4n) is 1.01. The number of aliphatic imine (C=N–C) groups is 1. The minimum Gasteiger partial charge on any atom is -0.480 e. The van der Waals surface area contributed by atoms with Crippen LogP contribution in [-0.2, 0) is 14.8 Å². The van der Waals surface area contributed by atoms with E-state index in [0.29, 0.717) is 5.69 Å². The van der Waals surface area contributed by atoms with Gasteiger partial charge in [0.25, 0.3) is 0 Å². The molecule has 17 heavy (non-hydrogen) atoms. The van der Waals surface area contributed by atoms with Gasteiger partial charge in [-0.25, -0.2) is 8.42 Å². The molecular formula is C9H8N2O4S2. The van der Waals surface area contributed by atoms with Gasteiger partial charge in [-0.2, -0.15) is 9.71 Å². The molecule has 8 heteroatoms. The average molecular weight is 272 g/mol. The molecule has 0 saturated carbocycles. The van der Waals surface area contributed by atoms with Gasteiger partial charge in [-0.1, -0.05) is 6.07 Å². The van der Waals surface area contributed by atoms with E-state index in [9.17, 15) is 13.2 Å². The molecule has 0 spiro atoms. The molecule has 0 aliphatic heterocycles. The van der Waals surface area contributed by atoms with Crippen molar-refractivity contribution in [1.29, 1.82) is 0 Å². The van der Waals surface area contributed by atoms with E-state index in [4.69, 9.17) is 5.11 Å². The van der Waals surface area contributed by atoms with Crippen LogP contribution in [0.1, 0.15) is 0 Å².